The van der Waals surface area contributed by atoms with Crippen molar-refractivity contribution >= 4 is 17.8 Å². The smallest absolute Gasteiger partial charge is 0.268 e. The van der Waals surface area contributed by atoms with E-state index in [0.717, 1.165) is 4.90 Å². The number of imide groups is 1. The summed E-state index contributed by atoms with van der Waals surface area (Å²) in [5.41, 5.74) is 0.853. The van der Waals surface area contributed by atoms with Crippen molar-refractivity contribution < 1.29 is 9.59 Å². The fraction of sp³-hybridized carbons (Fsp3) is 0.375. The van der Waals surface area contributed by atoms with Gasteiger partial charge in [0.2, 0.25) is 0 Å². The van der Waals surface area contributed by atoms with E-state index in [9.17, 15) is 9.59 Å². The highest BCUT2D eigenvalue weighted by Crippen LogP contribution is 2.23. The van der Waals surface area contributed by atoms with E-state index >= 15 is 0 Å². The van der Waals surface area contributed by atoms with Gasteiger partial charge >= 0.3 is 6.03 Å². The van der Waals surface area contributed by atoms with Crippen LogP contribution in [0.4, 0.5) is 4.79 Å². The highest BCUT2D eigenvalue weighted by atomic mass is 16.2. The Hall–Kier alpha value is -1.85. The molecule has 0 bridgehead atoms. The average molecular weight is 192 g/mol. The van der Waals surface area contributed by atoms with Gasteiger partial charge in [-0.1, -0.05) is 0 Å². The second-order valence-electron chi connectivity index (χ2n) is 2.93. The van der Waals surface area contributed by atoms with Crippen LogP contribution in [0.15, 0.2) is 26.5 Å². The van der Waals surface area contributed by atoms with E-state index in [2.05, 4.69) is 15.2 Å². The van der Waals surface area contributed by atoms with Crippen molar-refractivity contribution in [3.8, 4) is 0 Å². The summed E-state index contributed by atoms with van der Waals surface area (Å²) >= 11 is 0. The van der Waals surface area contributed by atoms with Crippen molar-refractivity contribution in [2.45, 2.75) is 13.8 Å². The minimum Gasteiger partial charge on any atom is -0.268 e. The second-order valence-corrected chi connectivity index (χ2v) is 2.93. The van der Waals surface area contributed by atoms with Gasteiger partial charge in [-0.05, 0) is 13.8 Å². The van der Waals surface area contributed by atoms with Gasteiger partial charge in [-0.15, -0.1) is 5.11 Å². The number of allylic oxidation sites excluding steroid dienone is 1. The van der Waals surface area contributed by atoms with Crippen molar-refractivity contribution in [2.75, 3.05) is 6.54 Å². The van der Waals surface area contributed by atoms with Crippen LogP contribution in [0.2, 0.25) is 0 Å². The molecule has 14 heavy (non-hydrogen) atoms. The molecule has 0 saturated carbocycles. The predicted molar refractivity (Wildman–Crippen MR) is 47.8 cm³/mol. The number of azo groups is 1. The van der Waals surface area contributed by atoms with Gasteiger partial charge in [-0.25, -0.2) is 4.79 Å². The monoisotopic (exact) mass is 192 g/mol. The number of rotatable bonds is 1. The van der Waals surface area contributed by atoms with Gasteiger partial charge in [0.1, 0.15) is 5.57 Å². The first-order valence-corrected chi connectivity index (χ1v) is 4.22. The van der Waals surface area contributed by atoms with Crippen molar-refractivity contribution in [1.29, 1.82) is 0 Å². The number of hydrogen-bond donors (Lipinski definition) is 0. The number of carbonyl (C=O) groups is 2. The average Bonchev–Trinajstić information content (AvgIpc) is 2.48. The molecule has 2 aliphatic heterocycles. The number of aliphatic imine (C=N–C) groups is 1. The molecule has 2 aliphatic rings. The topological polar surface area (TPSA) is 74.5 Å². The Labute approximate surface area is 80.0 Å². The molecule has 0 saturated heterocycles. The highest BCUT2D eigenvalue weighted by molar-refractivity contribution is 6.30. The Morgan fingerprint density at radius 1 is 1.29 bits per heavy atom. The van der Waals surface area contributed by atoms with Crippen LogP contribution in [0, 0.1) is 0 Å². The molecule has 2 rings (SSSR count). The zero-order valence-electron chi connectivity index (χ0n) is 7.81. The van der Waals surface area contributed by atoms with Gasteiger partial charge in [-0.2, -0.15) is 10.1 Å². The third-order valence-corrected chi connectivity index (χ3v) is 2.09. The Morgan fingerprint density at radius 2 is 2.00 bits per heavy atom. The van der Waals surface area contributed by atoms with Crippen LogP contribution in [0.25, 0.3) is 0 Å². The van der Waals surface area contributed by atoms with Crippen molar-refractivity contribution in [2.24, 2.45) is 15.2 Å². The maximum absolute atomic E-state index is 11.7. The Morgan fingerprint density at radius 3 is 2.64 bits per heavy atom. The third-order valence-electron chi connectivity index (χ3n) is 2.09. The number of amidine groups is 1. The van der Waals surface area contributed by atoms with Crippen LogP contribution in [0.1, 0.15) is 13.8 Å². The lowest BCUT2D eigenvalue weighted by Crippen LogP contribution is -2.41. The number of likely N-dealkylation sites (N-methyl/N-ethyl adjacent to an activating group) is 1. The molecule has 0 aromatic carbocycles. The number of nitrogens with zero attached hydrogens (tertiary/aromatic N) is 4. The molecule has 0 N–H and O–H groups in total. The molecule has 0 radical (unpaired) electrons. The number of carbonyl (C=O) groups excluding carboxylic acids is 2. The van der Waals surface area contributed by atoms with Crippen LogP contribution in [0.3, 0.4) is 0 Å². The SMILES string of the molecule is CCN1C(=O)N=C2N=NC(C)=C2C1=O. The van der Waals surface area contributed by atoms with Crippen LogP contribution >= 0.6 is 0 Å². The van der Waals surface area contributed by atoms with E-state index in [4.69, 9.17) is 0 Å². The maximum atomic E-state index is 11.7. The number of urea groups is 1. The summed E-state index contributed by atoms with van der Waals surface area (Å²) in [6, 6.07) is -0.565. The van der Waals surface area contributed by atoms with Gasteiger partial charge in [0.05, 0.1) is 5.70 Å². The first kappa shape index (κ1) is 8.74. The van der Waals surface area contributed by atoms with Gasteiger partial charge < -0.3 is 0 Å². The molecule has 2 heterocycles. The van der Waals surface area contributed by atoms with Crippen LogP contribution in [-0.2, 0) is 4.79 Å². The second kappa shape index (κ2) is 2.83. The van der Waals surface area contributed by atoms with E-state index in [1.807, 2.05) is 0 Å². The van der Waals surface area contributed by atoms with Crippen LogP contribution < -0.4 is 0 Å². The lowest BCUT2D eigenvalue weighted by molar-refractivity contribution is -0.123. The summed E-state index contributed by atoms with van der Waals surface area (Å²) < 4.78 is 0. The number of fused-ring (bicyclic) bond motifs is 1. The summed E-state index contributed by atoms with van der Waals surface area (Å²) in [5, 5.41) is 7.35. The van der Waals surface area contributed by atoms with Crippen molar-refractivity contribution in [3.05, 3.63) is 11.3 Å². The summed E-state index contributed by atoms with van der Waals surface area (Å²) in [6.07, 6.45) is 0. The molecule has 0 aromatic rings. The van der Waals surface area contributed by atoms with E-state index in [-0.39, 0.29) is 11.7 Å². The van der Waals surface area contributed by atoms with Crippen molar-refractivity contribution in [3.63, 3.8) is 0 Å². The molecule has 0 aliphatic carbocycles. The fourth-order valence-electron chi connectivity index (χ4n) is 1.36. The maximum Gasteiger partial charge on any atom is 0.352 e. The number of hydrogen-bond acceptors (Lipinski definition) is 4. The lowest BCUT2D eigenvalue weighted by atomic mass is 10.1. The molecule has 0 unspecified atom stereocenters. The van der Waals surface area contributed by atoms with Gasteiger partial charge in [0.15, 0.2) is 5.84 Å². The zero-order valence-corrected chi connectivity index (χ0v) is 7.81. The molecule has 6 heteroatoms. The van der Waals surface area contributed by atoms with E-state index in [1.54, 1.807) is 13.8 Å². The molecular weight excluding hydrogens is 184 g/mol. The largest absolute Gasteiger partial charge is 0.352 e. The molecule has 3 amide bonds. The minimum absolute atomic E-state index is 0.141. The van der Waals surface area contributed by atoms with E-state index in [1.165, 1.54) is 0 Å². The summed E-state index contributed by atoms with van der Waals surface area (Å²) in [5.74, 6) is -0.216. The zero-order chi connectivity index (χ0) is 10.3. The van der Waals surface area contributed by atoms with Gasteiger partial charge in [0.25, 0.3) is 5.91 Å². The molecule has 0 atom stereocenters. The first-order valence-electron chi connectivity index (χ1n) is 4.22. The van der Waals surface area contributed by atoms with Crippen molar-refractivity contribution in [1.82, 2.24) is 4.90 Å². The minimum atomic E-state index is -0.565. The van der Waals surface area contributed by atoms with Crippen LogP contribution in [0.5, 0.6) is 0 Å². The van der Waals surface area contributed by atoms with E-state index in [0.29, 0.717) is 17.8 Å². The molecule has 0 fully saturated rings. The quantitative estimate of drug-likeness (QED) is 0.624. The molecule has 0 aromatic heterocycles. The molecule has 6 nitrogen and oxygen atoms in total. The van der Waals surface area contributed by atoms with Gasteiger partial charge in [-0.3, -0.25) is 9.69 Å². The summed E-state index contributed by atoms with van der Waals surface area (Å²) in [6.45, 7) is 3.70. The lowest BCUT2D eigenvalue weighted by Gasteiger charge is -2.20. The van der Waals surface area contributed by atoms with Crippen LogP contribution in [-0.4, -0.2) is 29.2 Å². The highest BCUT2D eigenvalue weighted by Gasteiger charge is 2.35. The first-order chi connectivity index (χ1) is 6.65. The molecular formula is C8H8N4O2. The fourth-order valence-corrected chi connectivity index (χ4v) is 1.36. The standard InChI is InChI=1S/C8H8N4O2/c1-3-12-7(13)5-4(2)10-11-6(5)9-8(12)14/h3H2,1-2H3. The van der Waals surface area contributed by atoms with E-state index < -0.39 is 6.03 Å². The number of amides is 3. The summed E-state index contributed by atoms with van der Waals surface area (Å²) in [7, 11) is 0. The molecule has 0 spiro atoms. The Kier molecular flexibility index (Phi) is 1.77. The normalized spacial score (nSPS) is 20.4. The predicted octanol–water partition coefficient (Wildman–Crippen LogP) is 1.11. The van der Waals surface area contributed by atoms with Gasteiger partial charge in [0, 0.05) is 6.54 Å². The summed E-state index contributed by atoms with van der Waals surface area (Å²) in [4.78, 5) is 27.7. The molecule has 72 valence electrons. The Bertz CT molecular complexity index is 419. The Balaban J connectivity index is 2.54. The third kappa shape index (κ3) is 1.00.